The summed E-state index contributed by atoms with van der Waals surface area (Å²) in [6.45, 7) is 5.98. The number of carbonyl (C=O) groups is 1. The first-order chi connectivity index (χ1) is 13.2. The molecule has 0 N–H and O–H groups in total. The Morgan fingerprint density at radius 3 is 2.74 bits per heavy atom. The molecule has 4 rings (SSSR count). The van der Waals surface area contributed by atoms with Crippen molar-refractivity contribution >= 4 is 34.6 Å². The number of ether oxygens (including phenoxy) is 2. The van der Waals surface area contributed by atoms with Crippen molar-refractivity contribution in [1.82, 2.24) is 0 Å². The van der Waals surface area contributed by atoms with Crippen LogP contribution in [-0.2, 0) is 4.79 Å². The number of aryl methyl sites for hydroxylation is 1. The van der Waals surface area contributed by atoms with Gasteiger partial charge in [0, 0.05) is 5.75 Å². The molecule has 0 saturated heterocycles. The Hall–Kier alpha value is -2.99. The summed E-state index contributed by atoms with van der Waals surface area (Å²) in [6, 6.07) is 13.4. The Morgan fingerprint density at radius 2 is 1.96 bits per heavy atom. The summed E-state index contributed by atoms with van der Waals surface area (Å²) in [5.74, 6) is 1.91. The third-order valence-electron chi connectivity index (χ3n) is 4.15. The predicted octanol–water partition coefficient (Wildman–Crippen LogP) is 4.39. The second-order valence-electron chi connectivity index (χ2n) is 6.11. The van der Waals surface area contributed by atoms with Gasteiger partial charge in [-0.05, 0) is 42.8 Å². The lowest BCUT2D eigenvalue weighted by molar-refractivity contribution is -0.113. The number of benzene rings is 2. The number of hydrogen-bond acceptors (Lipinski definition) is 5. The maximum absolute atomic E-state index is 13.1. The molecule has 6 heteroatoms. The van der Waals surface area contributed by atoms with Gasteiger partial charge in [-0.1, -0.05) is 41.6 Å². The van der Waals surface area contributed by atoms with E-state index in [4.69, 9.17) is 9.47 Å². The molecule has 0 atom stereocenters. The highest BCUT2D eigenvalue weighted by Crippen LogP contribution is 2.34. The maximum atomic E-state index is 13.1. The number of rotatable bonds is 4. The first kappa shape index (κ1) is 17.4. The number of aliphatic imine (C=N–C) groups is 1. The van der Waals surface area contributed by atoms with Gasteiger partial charge in [-0.2, -0.15) is 0 Å². The van der Waals surface area contributed by atoms with Crippen LogP contribution in [0.25, 0.3) is 6.08 Å². The molecule has 2 aliphatic rings. The molecule has 0 fully saturated rings. The fourth-order valence-electron chi connectivity index (χ4n) is 2.81. The summed E-state index contributed by atoms with van der Waals surface area (Å²) >= 11 is 1.48. The van der Waals surface area contributed by atoms with E-state index in [9.17, 15) is 4.79 Å². The Balaban J connectivity index is 1.68. The fraction of sp³-hybridized carbons (Fsp3) is 0.143. The van der Waals surface area contributed by atoms with Crippen LogP contribution in [0, 0.1) is 6.92 Å². The van der Waals surface area contributed by atoms with Gasteiger partial charge in [0.2, 0.25) is 6.79 Å². The van der Waals surface area contributed by atoms with Crippen LogP contribution in [0.4, 0.5) is 5.69 Å². The van der Waals surface area contributed by atoms with Gasteiger partial charge in [-0.3, -0.25) is 9.69 Å². The smallest absolute Gasteiger partial charge is 0.283 e. The number of hydrogen-bond donors (Lipinski definition) is 0. The van der Waals surface area contributed by atoms with Crippen molar-refractivity contribution in [2.24, 2.45) is 4.99 Å². The highest BCUT2D eigenvalue weighted by Gasteiger charge is 2.31. The SMILES string of the molecule is C=CCSC1=N/C(=C/c2ccc3c(c2)OCO3)C(=O)N1c1ccc(C)cc1. The van der Waals surface area contributed by atoms with E-state index < -0.39 is 0 Å². The van der Waals surface area contributed by atoms with Crippen LogP contribution < -0.4 is 14.4 Å². The molecule has 5 nitrogen and oxygen atoms in total. The number of nitrogens with zero attached hydrogens (tertiary/aromatic N) is 2. The van der Waals surface area contributed by atoms with Gasteiger partial charge >= 0.3 is 0 Å². The maximum Gasteiger partial charge on any atom is 0.283 e. The molecule has 1 amide bonds. The Kier molecular flexibility index (Phi) is 4.73. The van der Waals surface area contributed by atoms with Gasteiger partial charge in [-0.15, -0.1) is 6.58 Å². The largest absolute Gasteiger partial charge is 0.454 e. The zero-order chi connectivity index (χ0) is 18.8. The highest BCUT2D eigenvalue weighted by molar-refractivity contribution is 8.14. The third kappa shape index (κ3) is 3.48. The minimum absolute atomic E-state index is 0.150. The van der Waals surface area contributed by atoms with E-state index in [1.54, 1.807) is 17.1 Å². The number of amides is 1. The van der Waals surface area contributed by atoms with Crippen LogP contribution in [-0.4, -0.2) is 23.6 Å². The van der Waals surface area contributed by atoms with E-state index in [1.807, 2.05) is 49.4 Å². The molecule has 0 radical (unpaired) electrons. The van der Waals surface area contributed by atoms with Crippen molar-refractivity contribution in [3.8, 4) is 11.5 Å². The number of anilines is 1. The molecule has 2 aromatic rings. The standard InChI is InChI=1S/C21H18N2O3S/c1-3-10-27-21-22-17(11-15-6-9-18-19(12-15)26-13-25-18)20(24)23(21)16-7-4-14(2)5-8-16/h3-9,11-12H,1,10,13H2,2H3/b17-11+. The topological polar surface area (TPSA) is 51.1 Å². The molecule has 0 aliphatic carbocycles. The molecule has 0 aromatic heterocycles. The molecule has 27 heavy (non-hydrogen) atoms. The van der Waals surface area contributed by atoms with Crippen LogP contribution in [0.15, 0.2) is 65.8 Å². The van der Waals surface area contributed by atoms with Gasteiger partial charge in [-0.25, -0.2) is 4.99 Å². The molecule has 2 aliphatic heterocycles. The molecular weight excluding hydrogens is 360 g/mol. The number of carbonyl (C=O) groups excluding carboxylic acids is 1. The lowest BCUT2D eigenvalue weighted by Crippen LogP contribution is -2.30. The first-order valence-corrected chi connectivity index (χ1v) is 9.49. The summed E-state index contributed by atoms with van der Waals surface area (Å²) in [4.78, 5) is 19.3. The molecule has 2 heterocycles. The molecule has 0 saturated carbocycles. The average Bonchev–Trinajstić information content (AvgIpc) is 3.25. The Morgan fingerprint density at radius 1 is 1.19 bits per heavy atom. The number of thioether (sulfide) groups is 1. The van der Waals surface area contributed by atoms with Crippen molar-refractivity contribution < 1.29 is 14.3 Å². The minimum atomic E-state index is -0.150. The van der Waals surface area contributed by atoms with Gasteiger partial charge in [0.25, 0.3) is 5.91 Å². The fourth-order valence-corrected chi connectivity index (χ4v) is 3.56. The second-order valence-corrected chi connectivity index (χ2v) is 7.10. The van der Waals surface area contributed by atoms with Crippen LogP contribution >= 0.6 is 11.8 Å². The van der Waals surface area contributed by atoms with Crippen LogP contribution in [0.5, 0.6) is 11.5 Å². The summed E-state index contributed by atoms with van der Waals surface area (Å²) < 4.78 is 10.7. The van der Waals surface area contributed by atoms with Gasteiger partial charge in [0.1, 0.15) is 5.70 Å². The second kappa shape index (κ2) is 7.32. The molecule has 136 valence electrons. The Labute approximate surface area is 162 Å². The quantitative estimate of drug-likeness (QED) is 0.585. The predicted molar refractivity (Wildman–Crippen MR) is 109 cm³/mol. The van der Waals surface area contributed by atoms with Crippen molar-refractivity contribution in [2.75, 3.05) is 17.4 Å². The molecule has 0 bridgehead atoms. The van der Waals surface area contributed by atoms with Gasteiger partial charge in [0.15, 0.2) is 16.7 Å². The van der Waals surface area contributed by atoms with E-state index in [2.05, 4.69) is 11.6 Å². The summed E-state index contributed by atoms with van der Waals surface area (Å²) in [7, 11) is 0. The molecule has 0 spiro atoms. The minimum Gasteiger partial charge on any atom is -0.454 e. The zero-order valence-corrected chi connectivity index (χ0v) is 15.7. The molecule has 0 unspecified atom stereocenters. The lowest BCUT2D eigenvalue weighted by atomic mass is 10.1. The first-order valence-electron chi connectivity index (χ1n) is 8.50. The number of fused-ring (bicyclic) bond motifs is 1. The Bertz CT molecular complexity index is 964. The molecule has 2 aromatic carbocycles. The van der Waals surface area contributed by atoms with Crippen molar-refractivity contribution in [1.29, 1.82) is 0 Å². The van der Waals surface area contributed by atoms with Crippen molar-refractivity contribution in [3.05, 3.63) is 71.9 Å². The van der Waals surface area contributed by atoms with E-state index in [0.717, 1.165) is 16.8 Å². The van der Waals surface area contributed by atoms with Gasteiger partial charge < -0.3 is 9.47 Å². The molecular formula is C21H18N2O3S. The van der Waals surface area contributed by atoms with E-state index in [1.165, 1.54) is 11.8 Å². The summed E-state index contributed by atoms with van der Waals surface area (Å²) in [5.41, 5.74) is 3.17. The normalized spacial score (nSPS) is 16.8. The van der Waals surface area contributed by atoms with Crippen molar-refractivity contribution in [2.45, 2.75) is 6.92 Å². The monoisotopic (exact) mass is 378 g/mol. The average molecular weight is 378 g/mol. The van der Waals surface area contributed by atoms with E-state index in [0.29, 0.717) is 28.1 Å². The van der Waals surface area contributed by atoms with Gasteiger partial charge in [0.05, 0.1) is 5.69 Å². The summed E-state index contributed by atoms with van der Waals surface area (Å²) in [6.07, 6.45) is 3.57. The van der Waals surface area contributed by atoms with E-state index >= 15 is 0 Å². The lowest BCUT2D eigenvalue weighted by Gasteiger charge is -2.17. The summed E-state index contributed by atoms with van der Waals surface area (Å²) in [5, 5.41) is 0.649. The van der Waals surface area contributed by atoms with Crippen LogP contribution in [0.2, 0.25) is 0 Å². The van der Waals surface area contributed by atoms with Crippen LogP contribution in [0.3, 0.4) is 0 Å². The van der Waals surface area contributed by atoms with Crippen molar-refractivity contribution in [3.63, 3.8) is 0 Å². The van der Waals surface area contributed by atoms with E-state index in [-0.39, 0.29) is 12.7 Å². The third-order valence-corrected chi connectivity index (χ3v) is 5.09. The number of amidine groups is 1. The van der Waals surface area contributed by atoms with Crippen LogP contribution in [0.1, 0.15) is 11.1 Å². The zero-order valence-electron chi connectivity index (χ0n) is 14.8. The highest BCUT2D eigenvalue weighted by atomic mass is 32.2.